The lowest BCUT2D eigenvalue weighted by atomic mass is 10.1. The van der Waals surface area contributed by atoms with Crippen LogP contribution in [0.1, 0.15) is 51.9 Å². The van der Waals surface area contributed by atoms with E-state index in [1.807, 2.05) is 0 Å². The molecule has 1 nitrogen and oxygen atoms in total. The lowest BCUT2D eigenvalue weighted by Crippen LogP contribution is -2.38. The van der Waals surface area contributed by atoms with Gasteiger partial charge in [0, 0.05) is 0 Å². The number of hydrogen-bond acceptors (Lipinski definition) is 0. The molecule has 0 aromatic rings. The third kappa shape index (κ3) is 8.83. The van der Waals surface area contributed by atoms with Crippen molar-refractivity contribution in [2.45, 2.75) is 51.9 Å². The van der Waals surface area contributed by atoms with Gasteiger partial charge < -0.3 is 4.48 Å². The molecule has 86 valence electrons. The van der Waals surface area contributed by atoms with Crippen LogP contribution < -0.4 is 0 Å². The van der Waals surface area contributed by atoms with Crippen LogP contribution in [0.25, 0.3) is 0 Å². The highest BCUT2D eigenvalue weighted by Gasteiger charge is 2.11. The van der Waals surface area contributed by atoms with E-state index < -0.39 is 0 Å². The fourth-order valence-corrected chi connectivity index (χ4v) is 1.68. The molecular weight excluding hydrogens is 194 g/mol. The third-order valence-electron chi connectivity index (χ3n) is 2.69. The summed E-state index contributed by atoms with van der Waals surface area (Å²) in [6.07, 6.45) is 9.70. The predicted molar refractivity (Wildman–Crippen MR) is 65.7 cm³/mol. The Bertz CT molecular complexity index is 123. The van der Waals surface area contributed by atoms with Gasteiger partial charge in [0.25, 0.3) is 0 Å². The average Bonchev–Trinajstić information content (AvgIpc) is 2.16. The first-order valence-corrected chi connectivity index (χ1v) is 6.54. The van der Waals surface area contributed by atoms with Crippen molar-refractivity contribution in [1.29, 1.82) is 0 Å². The molecule has 0 spiro atoms. The maximum atomic E-state index is 5.85. The minimum Gasteiger partial charge on any atom is -0.316 e. The normalized spacial score (nSPS) is 12.0. The summed E-state index contributed by atoms with van der Waals surface area (Å²) in [7, 11) is 4.40. The number of halogens is 1. The van der Waals surface area contributed by atoms with Crippen molar-refractivity contribution in [3.63, 3.8) is 0 Å². The van der Waals surface area contributed by atoms with Crippen molar-refractivity contribution in [2.24, 2.45) is 0 Å². The first-order valence-electron chi connectivity index (χ1n) is 6.00. The van der Waals surface area contributed by atoms with Gasteiger partial charge in [-0.2, -0.15) is 0 Å². The number of rotatable bonds is 9. The van der Waals surface area contributed by atoms with Gasteiger partial charge in [0.1, 0.15) is 0 Å². The van der Waals surface area contributed by atoms with Crippen LogP contribution >= 0.6 is 11.6 Å². The summed E-state index contributed by atoms with van der Waals surface area (Å²) in [4.78, 5) is 0. The second-order valence-electron chi connectivity index (χ2n) is 4.90. The Kier molecular flexibility index (Phi) is 8.70. The van der Waals surface area contributed by atoms with Crippen LogP contribution in [-0.2, 0) is 0 Å². The maximum Gasteiger partial charge on any atom is 0.154 e. The van der Waals surface area contributed by atoms with Gasteiger partial charge in [-0.1, -0.05) is 50.6 Å². The molecule has 0 amide bonds. The highest BCUT2D eigenvalue weighted by atomic mass is 35.5. The summed E-state index contributed by atoms with van der Waals surface area (Å²) in [5.74, 6) is 0. The van der Waals surface area contributed by atoms with Gasteiger partial charge in [0.15, 0.2) is 6.00 Å². The maximum absolute atomic E-state index is 5.85. The van der Waals surface area contributed by atoms with Crippen LogP contribution in [-0.4, -0.2) is 31.1 Å². The highest BCUT2D eigenvalue weighted by Crippen LogP contribution is 2.09. The quantitative estimate of drug-likeness (QED) is 0.238. The summed E-state index contributed by atoms with van der Waals surface area (Å²) in [6.45, 7) is 3.48. The molecule has 0 aliphatic heterocycles. The van der Waals surface area contributed by atoms with Gasteiger partial charge in [0.2, 0.25) is 0 Å². The second kappa shape index (κ2) is 8.55. The van der Waals surface area contributed by atoms with Crippen LogP contribution in [0.15, 0.2) is 0 Å². The molecule has 0 rings (SSSR count). The summed E-state index contributed by atoms with van der Waals surface area (Å²) >= 11 is 5.85. The lowest BCUT2D eigenvalue weighted by molar-refractivity contribution is -0.879. The molecular formula is C12H27ClN+. The van der Waals surface area contributed by atoms with E-state index in [0.717, 1.165) is 10.5 Å². The Balaban J connectivity index is 3.13. The monoisotopic (exact) mass is 220 g/mol. The van der Waals surface area contributed by atoms with E-state index in [4.69, 9.17) is 11.6 Å². The van der Waals surface area contributed by atoms with E-state index in [9.17, 15) is 0 Å². The SMILES string of the molecule is CCCCCCCCC[N+](C)(C)CCl. The first-order chi connectivity index (χ1) is 6.62. The van der Waals surface area contributed by atoms with Gasteiger partial charge >= 0.3 is 0 Å². The molecule has 0 heterocycles. The van der Waals surface area contributed by atoms with Crippen LogP contribution in [0.4, 0.5) is 0 Å². The zero-order valence-corrected chi connectivity index (χ0v) is 10.9. The van der Waals surface area contributed by atoms with Crippen molar-refractivity contribution in [3.05, 3.63) is 0 Å². The smallest absolute Gasteiger partial charge is 0.154 e. The van der Waals surface area contributed by atoms with Gasteiger partial charge in [-0.05, 0) is 12.8 Å². The van der Waals surface area contributed by atoms with E-state index in [-0.39, 0.29) is 0 Å². The van der Waals surface area contributed by atoms with Crippen LogP contribution in [0, 0.1) is 0 Å². The standard InChI is InChI=1S/C12H27ClN/c1-4-5-6-7-8-9-10-11-14(2,3)12-13/h4-12H2,1-3H3/q+1. The Labute approximate surface area is 95.0 Å². The van der Waals surface area contributed by atoms with Crippen molar-refractivity contribution in [1.82, 2.24) is 0 Å². The Morgan fingerprint density at radius 2 is 1.36 bits per heavy atom. The van der Waals surface area contributed by atoms with Gasteiger partial charge in [-0.15, -0.1) is 0 Å². The zero-order valence-electron chi connectivity index (χ0n) is 10.2. The van der Waals surface area contributed by atoms with E-state index in [2.05, 4.69) is 21.0 Å². The Hall–Kier alpha value is 0.250. The second-order valence-corrected chi connectivity index (χ2v) is 5.14. The average molecular weight is 221 g/mol. The molecule has 14 heavy (non-hydrogen) atoms. The molecule has 0 saturated carbocycles. The molecule has 0 radical (unpaired) electrons. The molecule has 0 aliphatic carbocycles. The number of alkyl halides is 1. The fraction of sp³-hybridized carbons (Fsp3) is 1.00. The fourth-order valence-electron chi connectivity index (χ4n) is 1.56. The molecule has 0 bridgehead atoms. The summed E-state index contributed by atoms with van der Waals surface area (Å²) in [5, 5.41) is 0. The minimum absolute atomic E-state index is 0.732. The number of hydrogen-bond donors (Lipinski definition) is 0. The number of unbranched alkanes of at least 4 members (excludes halogenated alkanes) is 6. The molecule has 0 saturated heterocycles. The summed E-state index contributed by atoms with van der Waals surface area (Å²) in [6, 6.07) is 0.732. The molecule has 0 aromatic heterocycles. The molecule has 0 aliphatic rings. The largest absolute Gasteiger partial charge is 0.316 e. The van der Waals surface area contributed by atoms with Crippen molar-refractivity contribution in [2.75, 3.05) is 26.6 Å². The van der Waals surface area contributed by atoms with Crippen molar-refractivity contribution < 1.29 is 4.48 Å². The molecule has 0 N–H and O–H groups in total. The first kappa shape index (κ1) is 14.2. The topological polar surface area (TPSA) is 0 Å². The van der Waals surface area contributed by atoms with E-state index in [1.54, 1.807) is 0 Å². The highest BCUT2D eigenvalue weighted by molar-refractivity contribution is 6.16. The van der Waals surface area contributed by atoms with Gasteiger partial charge in [0.05, 0.1) is 20.6 Å². The Morgan fingerprint density at radius 3 is 1.86 bits per heavy atom. The van der Waals surface area contributed by atoms with Crippen LogP contribution in [0.3, 0.4) is 0 Å². The van der Waals surface area contributed by atoms with E-state index in [1.165, 1.54) is 51.5 Å². The molecule has 0 fully saturated rings. The number of quaternary nitrogens is 1. The molecule has 0 unspecified atom stereocenters. The van der Waals surface area contributed by atoms with Crippen molar-refractivity contribution in [3.8, 4) is 0 Å². The molecule has 0 aromatic carbocycles. The van der Waals surface area contributed by atoms with Crippen molar-refractivity contribution >= 4 is 11.6 Å². The Morgan fingerprint density at radius 1 is 0.857 bits per heavy atom. The van der Waals surface area contributed by atoms with E-state index in [0.29, 0.717) is 0 Å². The van der Waals surface area contributed by atoms with Gasteiger partial charge in [-0.3, -0.25) is 0 Å². The zero-order chi connectivity index (χ0) is 10.9. The predicted octanol–water partition coefficient (Wildman–Crippen LogP) is 4.01. The number of nitrogens with zero attached hydrogens (tertiary/aromatic N) is 1. The lowest BCUT2D eigenvalue weighted by Gasteiger charge is -2.26. The third-order valence-corrected chi connectivity index (χ3v) is 3.34. The molecule has 0 atom stereocenters. The molecule has 2 heteroatoms. The summed E-state index contributed by atoms with van der Waals surface area (Å²) < 4.78 is 0.955. The van der Waals surface area contributed by atoms with Crippen LogP contribution in [0.5, 0.6) is 0 Å². The summed E-state index contributed by atoms with van der Waals surface area (Å²) in [5.41, 5.74) is 0. The minimum atomic E-state index is 0.732. The van der Waals surface area contributed by atoms with Crippen LogP contribution in [0.2, 0.25) is 0 Å². The van der Waals surface area contributed by atoms with Gasteiger partial charge in [-0.25, -0.2) is 0 Å². The van der Waals surface area contributed by atoms with E-state index >= 15 is 0 Å².